The van der Waals surface area contributed by atoms with Gasteiger partial charge < -0.3 is 14.7 Å². The van der Waals surface area contributed by atoms with Gasteiger partial charge in [-0.25, -0.2) is 9.59 Å². The fourth-order valence-corrected chi connectivity index (χ4v) is 2.51. The van der Waals surface area contributed by atoms with Gasteiger partial charge >= 0.3 is 12.1 Å². The van der Waals surface area contributed by atoms with Gasteiger partial charge in [0.15, 0.2) is 0 Å². The Morgan fingerprint density at radius 3 is 2.59 bits per heavy atom. The average Bonchev–Trinajstić information content (AvgIpc) is 2.76. The minimum absolute atomic E-state index is 0.212. The molecule has 0 aliphatic carbocycles. The normalized spacial score (nSPS) is 25.0. The molecule has 1 aliphatic heterocycles. The molecule has 1 aliphatic rings. The van der Waals surface area contributed by atoms with Gasteiger partial charge in [-0.1, -0.05) is 0 Å². The fourth-order valence-electron chi connectivity index (χ4n) is 2.51. The molecule has 1 saturated heterocycles. The fraction of sp³-hybridized carbons (Fsp3) is 0.667. The van der Waals surface area contributed by atoms with Crippen LogP contribution < -0.4 is 0 Å². The molecule has 7 nitrogen and oxygen atoms in total. The third-order valence-electron chi connectivity index (χ3n) is 3.35. The van der Waals surface area contributed by atoms with Gasteiger partial charge in [-0.05, 0) is 27.2 Å². The molecule has 3 unspecified atom stereocenters. The number of amides is 1. The summed E-state index contributed by atoms with van der Waals surface area (Å²) in [6.45, 7) is 5.20. The minimum Gasteiger partial charge on any atom is -0.467 e. The largest absolute Gasteiger partial charge is 0.467 e. The van der Waals surface area contributed by atoms with Crippen LogP contribution in [0, 0.1) is 18.3 Å². The predicted molar refractivity (Wildman–Crippen MR) is 79.5 cm³/mol. The van der Waals surface area contributed by atoms with Crippen LogP contribution in [0.15, 0.2) is 5.16 Å². The van der Waals surface area contributed by atoms with E-state index in [2.05, 4.69) is 11.1 Å². The number of hydrogen-bond acceptors (Lipinski definition) is 6. The maximum absolute atomic E-state index is 12.4. The standard InChI is InChI=1S/C15H22N2O5/c1-6-7-11-10(9-16-20)8-12(13(18)21-5)17(11)14(19)22-15(2,3)4/h1,9-12,20H,7-8H2,2-5H3/b16-9-. The van der Waals surface area contributed by atoms with E-state index in [-0.39, 0.29) is 18.8 Å². The molecule has 0 aromatic rings. The van der Waals surface area contributed by atoms with Crippen LogP contribution >= 0.6 is 0 Å². The highest BCUT2D eigenvalue weighted by Gasteiger charge is 2.48. The van der Waals surface area contributed by atoms with Crippen molar-refractivity contribution >= 4 is 18.3 Å². The van der Waals surface area contributed by atoms with E-state index in [0.29, 0.717) is 0 Å². The highest BCUT2D eigenvalue weighted by Crippen LogP contribution is 2.33. The molecule has 0 aromatic carbocycles. The first-order valence-electron chi connectivity index (χ1n) is 6.95. The van der Waals surface area contributed by atoms with Crippen LogP contribution in [-0.4, -0.2) is 53.2 Å². The van der Waals surface area contributed by atoms with E-state index < -0.39 is 29.7 Å². The van der Waals surface area contributed by atoms with E-state index in [4.69, 9.17) is 21.1 Å². The van der Waals surface area contributed by atoms with Crippen molar-refractivity contribution in [2.45, 2.75) is 51.3 Å². The van der Waals surface area contributed by atoms with Crippen LogP contribution in [0.4, 0.5) is 4.79 Å². The van der Waals surface area contributed by atoms with Gasteiger partial charge in [0, 0.05) is 18.6 Å². The van der Waals surface area contributed by atoms with E-state index >= 15 is 0 Å². The number of ether oxygens (including phenoxy) is 2. The number of nitrogens with zero attached hydrogens (tertiary/aromatic N) is 2. The molecule has 1 N–H and O–H groups in total. The first-order valence-corrected chi connectivity index (χ1v) is 6.95. The van der Waals surface area contributed by atoms with Crippen molar-refractivity contribution in [2.24, 2.45) is 11.1 Å². The van der Waals surface area contributed by atoms with Crippen LogP contribution in [0.1, 0.15) is 33.6 Å². The van der Waals surface area contributed by atoms with Crippen LogP contribution in [0.5, 0.6) is 0 Å². The Balaban J connectivity index is 3.14. The molecule has 1 fully saturated rings. The second-order valence-corrected chi connectivity index (χ2v) is 6.07. The molecular formula is C15H22N2O5. The van der Waals surface area contributed by atoms with Crippen molar-refractivity contribution < 1.29 is 24.3 Å². The lowest BCUT2D eigenvalue weighted by Gasteiger charge is -2.31. The van der Waals surface area contributed by atoms with Gasteiger partial charge in [0.1, 0.15) is 11.6 Å². The second-order valence-electron chi connectivity index (χ2n) is 6.07. The smallest absolute Gasteiger partial charge is 0.411 e. The molecule has 0 radical (unpaired) electrons. The number of hydrogen-bond donors (Lipinski definition) is 1. The van der Waals surface area contributed by atoms with Gasteiger partial charge in [-0.15, -0.1) is 17.5 Å². The molecule has 122 valence electrons. The Morgan fingerprint density at radius 2 is 2.14 bits per heavy atom. The summed E-state index contributed by atoms with van der Waals surface area (Å²) < 4.78 is 10.1. The summed E-state index contributed by atoms with van der Waals surface area (Å²) in [4.78, 5) is 25.7. The second kappa shape index (κ2) is 7.16. The van der Waals surface area contributed by atoms with Crippen molar-refractivity contribution in [3.63, 3.8) is 0 Å². The van der Waals surface area contributed by atoms with Crippen molar-refractivity contribution in [3.05, 3.63) is 0 Å². The van der Waals surface area contributed by atoms with E-state index in [0.717, 1.165) is 0 Å². The van der Waals surface area contributed by atoms with Gasteiger partial charge in [0.05, 0.1) is 13.2 Å². The molecule has 0 bridgehead atoms. The topological polar surface area (TPSA) is 88.4 Å². The summed E-state index contributed by atoms with van der Waals surface area (Å²) >= 11 is 0. The molecule has 1 rings (SSSR count). The summed E-state index contributed by atoms with van der Waals surface area (Å²) in [6, 6.07) is -1.30. The molecule has 0 saturated carbocycles. The lowest BCUT2D eigenvalue weighted by molar-refractivity contribution is -0.146. The Bertz CT molecular complexity index is 489. The van der Waals surface area contributed by atoms with E-state index in [1.165, 1.54) is 18.2 Å². The monoisotopic (exact) mass is 310 g/mol. The number of esters is 1. The maximum Gasteiger partial charge on any atom is 0.411 e. The molecule has 7 heteroatoms. The third-order valence-corrected chi connectivity index (χ3v) is 3.35. The average molecular weight is 310 g/mol. The summed E-state index contributed by atoms with van der Waals surface area (Å²) in [7, 11) is 1.25. The molecular weight excluding hydrogens is 288 g/mol. The number of methoxy groups -OCH3 is 1. The molecule has 1 amide bonds. The Labute approximate surface area is 130 Å². The molecule has 3 atom stereocenters. The summed E-state index contributed by atoms with van der Waals surface area (Å²) in [5, 5.41) is 11.8. The zero-order chi connectivity index (χ0) is 16.9. The third kappa shape index (κ3) is 4.13. The van der Waals surface area contributed by atoms with Gasteiger partial charge in [0.2, 0.25) is 0 Å². The van der Waals surface area contributed by atoms with E-state index in [9.17, 15) is 9.59 Å². The molecule has 1 heterocycles. The summed E-state index contributed by atoms with van der Waals surface area (Å²) in [6.07, 6.45) is 6.47. The highest BCUT2D eigenvalue weighted by molar-refractivity contribution is 5.84. The summed E-state index contributed by atoms with van der Waals surface area (Å²) in [5.41, 5.74) is -0.707. The number of terminal acetylenes is 1. The number of carbonyl (C=O) groups is 2. The number of likely N-dealkylation sites (tertiary alicyclic amines) is 1. The maximum atomic E-state index is 12.4. The molecule has 0 aromatic heterocycles. The minimum atomic E-state index is -0.818. The SMILES string of the molecule is C#CCC1C(/C=N\O)CC(C(=O)OC)N1C(=O)OC(C)(C)C. The van der Waals surface area contributed by atoms with Gasteiger partial charge in [-0.3, -0.25) is 4.90 Å². The van der Waals surface area contributed by atoms with Crippen molar-refractivity contribution in [2.75, 3.05) is 7.11 Å². The van der Waals surface area contributed by atoms with Crippen molar-refractivity contribution in [1.29, 1.82) is 0 Å². The van der Waals surface area contributed by atoms with Crippen LogP contribution in [-0.2, 0) is 14.3 Å². The quantitative estimate of drug-likeness (QED) is 0.281. The molecule has 0 spiro atoms. The van der Waals surface area contributed by atoms with E-state index in [1.807, 2.05) is 0 Å². The predicted octanol–water partition coefficient (Wildman–Crippen LogP) is 1.64. The van der Waals surface area contributed by atoms with Crippen LogP contribution in [0.2, 0.25) is 0 Å². The lowest BCUT2D eigenvalue weighted by atomic mass is 9.98. The first-order chi connectivity index (χ1) is 10.2. The zero-order valence-corrected chi connectivity index (χ0v) is 13.3. The number of carbonyl (C=O) groups excluding carboxylic acids is 2. The van der Waals surface area contributed by atoms with Gasteiger partial charge in [0.25, 0.3) is 0 Å². The summed E-state index contributed by atoms with van der Waals surface area (Å²) in [5.74, 6) is 1.58. The number of rotatable bonds is 3. The Morgan fingerprint density at radius 1 is 1.50 bits per heavy atom. The Hall–Kier alpha value is -2.23. The highest BCUT2D eigenvalue weighted by atomic mass is 16.6. The Kier molecular flexibility index (Phi) is 5.80. The van der Waals surface area contributed by atoms with Crippen LogP contribution in [0.25, 0.3) is 0 Å². The lowest BCUT2D eigenvalue weighted by Crippen LogP contribution is -2.48. The van der Waals surface area contributed by atoms with Crippen molar-refractivity contribution in [3.8, 4) is 12.3 Å². The van der Waals surface area contributed by atoms with Gasteiger partial charge in [-0.2, -0.15) is 0 Å². The van der Waals surface area contributed by atoms with Crippen molar-refractivity contribution in [1.82, 2.24) is 4.90 Å². The zero-order valence-electron chi connectivity index (χ0n) is 13.3. The molecule has 22 heavy (non-hydrogen) atoms. The first kappa shape index (κ1) is 17.8. The van der Waals surface area contributed by atoms with E-state index in [1.54, 1.807) is 20.8 Å². The van der Waals surface area contributed by atoms with Crippen LogP contribution in [0.3, 0.4) is 0 Å². The number of oxime groups is 1.